The lowest BCUT2D eigenvalue weighted by atomic mass is 10.0. The molecule has 0 unspecified atom stereocenters. The first-order chi connectivity index (χ1) is 13.0. The maximum atomic E-state index is 12.7. The lowest BCUT2D eigenvalue weighted by Gasteiger charge is -2.30. The fourth-order valence-corrected chi connectivity index (χ4v) is 4.73. The van der Waals surface area contributed by atoms with Gasteiger partial charge in [-0.05, 0) is 37.8 Å². The molecule has 4 rings (SSSR count). The fraction of sp³-hybridized carbons (Fsp3) is 0.450. The maximum Gasteiger partial charge on any atom is 0.315 e. The number of aryl methyl sites for hydroxylation is 1. The molecule has 1 atom stereocenters. The van der Waals surface area contributed by atoms with Gasteiger partial charge in [-0.3, -0.25) is 9.59 Å². The largest absolute Gasteiger partial charge is 0.334 e. The van der Waals surface area contributed by atoms with Crippen LogP contribution in [0.4, 0.5) is 5.82 Å². The van der Waals surface area contributed by atoms with Gasteiger partial charge in [0, 0.05) is 30.2 Å². The average molecular weight is 385 g/mol. The minimum Gasteiger partial charge on any atom is -0.334 e. The number of carbonyl (C=O) groups is 2. The predicted molar refractivity (Wildman–Crippen MR) is 107 cm³/mol. The normalized spacial score (nSPS) is 19.0. The molecule has 2 amide bonds. The van der Waals surface area contributed by atoms with E-state index in [2.05, 4.69) is 17.3 Å². The number of anilines is 1. The van der Waals surface area contributed by atoms with Gasteiger partial charge in [-0.25, -0.2) is 4.68 Å². The highest BCUT2D eigenvalue weighted by molar-refractivity contribution is 7.98. The fourth-order valence-electron chi connectivity index (χ4n) is 3.69. The van der Waals surface area contributed by atoms with Crippen LogP contribution in [-0.4, -0.2) is 39.6 Å². The first-order valence-corrected chi connectivity index (χ1v) is 10.5. The lowest BCUT2D eigenvalue weighted by Crippen LogP contribution is -2.45. The van der Waals surface area contributed by atoms with Crippen molar-refractivity contribution in [3.63, 3.8) is 0 Å². The van der Waals surface area contributed by atoms with Crippen molar-refractivity contribution in [2.45, 2.75) is 38.2 Å². The number of benzene rings is 1. The summed E-state index contributed by atoms with van der Waals surface area (Å²) in [5.74, 6) is 1.67. The van der Waals surface area contributed by atoms with Crippen LogP contribution in [0.25, 0.3) is 5.69 Å². The molecule has 2 aliphatic rings. The van der Waals surface area contributed by atoms with E-state index in [1.807, 2.05) is 31.2 Å². The number of nitrogens with one attached hydrogen (secondary N) is 1. The van der Waals surface area contributed by atoms with Crippen LogP contribution in [0, 0.1) is 12.8 Å². The number of carbonyl (C=O) groups excluding carboxylic acids is 2. The molecule has 2 aliphatic heterocycles. The van der Waals surface area contributed by atoms with Gasteiger partial charge >= 0.3 is 11.8 Å². The molecule has 2 aromatic rings. The summed E-state index contributed by atoms with van der Waals surface area (Å²) in [6.45, 7) is 5.46. The van der Waals surface area contributed by atoms with Crippen molar-refractivity contribution in [1.82, 2.24) is 14.7 Å². The van der Waals surface area contributed by atoms with Crippen molar-refractivity contribution in [3.8, 4) is 5.69 Å². The molecule has 1 N–H and O–H groups in total. The van der Waals surface area contributed by atoms with Crippen molar-refractivity contribution in [3.05, 3.63) is 41.1 Å². The summed E-state index contributed by atoms with van der Waals surface area (Å²) in [5.41, 5.74) is 4.05. The SMILES string of the molecule is Cc1ccc(-n2nc3c(c2NC(=O)C(=O)N2CCC[C@@H](C)C2)CSC3)cc1. The van der Waals surface area contributed by atoms with E-state index in [0.29, 0.717) is 24.8 Å². The number of rotatable bonds is 2. The first kappa shape index (κ1) is 18.1. The quantitative estimate of drug-likeness (QED) is 0.808. The van der Waals surface area contributed by atoms with E-state index < -0.39 is 11.8 Å². The van der Waals surface area contributed by atoms with E-state index in [0.717, 1.165) is 46.9 Å². The molecular weight excluding hydrogens is 360 g/mol. The zero-order valence-electron chi connectivity index (χ0n) is 15.7. The Morgan fingerprint density at radius 3 is 2.74 bits per heavy atom. The van der Waals surface area contributed by atoms with Gasteiger partial charge in [-0.15, -0.1) is 0 Å². The van der Waals surface area contributed by atoms with E-state index in [-0.39, 0.29) is 0 Å². The maximum absolute atomic E-state index is 12.7. The summed E-state index contributed by atoms with van der Waals surface area (Å²) in [6.07, 6.45) is 2.06. The molecule has 0 spiro atoms. The van der Waals surface area contributed by atoms with Gasteiger partial charge in [-0.1, -0.05) is 24.6 Å². The van der Waals surface area contributed by atoms with Crippen molar-refractivity contribution < 1.29 is 9.59 Å². The van der Waals surface area contributed by atoms with Gasteiger partial charge in [0.05, 0.1) is 11.4 Å². The van der Waals surface area contributed by atoms with Crippen molar-refractivity contribution in [2.24, 2.45) is 5.92 Å². The Morgan fingerprint density at radius 2 is 2.00 bits per heavy atom. The average Bonchev–Trinajstić information content (AvgIpc) is 3.24. The van der Waals surface area contributed by atoms with Gasteiger partial charge < -0.3 is 10.2 Å². The number of piperidine rings is 1. The second-order valence-corrected chi connectivity index (χ2v) is 8.45. The Bertz CT molecular complexity index is 875. The van der Waals surface area contributed by atoms with Crippen molar-refractivity contribution in [2.75, 3.05) is 18.4 Å². The Kier molecular flexibility index (Phi) is 4.95. The number of fused-ring (bicyclic) bond motifs is 1. The smallest absolute Gasteiger partial charge is 0.315 e. The number of amides is 2. The van der Waals surface area contributed by atoms with E-state index in [1.54, 1.807) is 21.3 Å². The van der Waals surface area contributed by atoms with Crippen LogP contribution in [0.1, 0.15) is 36.6 Å². The number of hydrogen-bond donors (Lipinski definition) is 1. The van der Waals surface area contributed by atoms with Crippen molar-refractivity contribution >= 4 is 29.4 Å². The molecule has 0 radical (unpaired) electrons. The Hall–Kier alpha value is -2.28. The number of aromatic nitrogens is 2. The molecule has 6 nitrogen and oxygen atoms in total. The third-order valence-electron chi connectivity index (χ3n) is 5.20. The lowest BCUT2D eigenvalue weighted by molar-refractivity contribution is -0.144. The van der Waals surface area contributed by atoms with Crippen molar-refractivity contribution in [1.29, 1.82) is 0 Å². The molecule has 0 saturated carbocycles. The van der Waals surface area contributed by atoms with Gasteiger partial charge in [-0.2, -0.15) is 16.9 Å². The van der Waals surface area contributed by atoms with E-state index in [1.165, 1.54) is 0 Å². The minimum absolute atomic E-state index is 0.439. The van der Waals surface area contributed by atoms with Crippen LogP contribution in [0.15, 0.2) is 24.3 Å². The van der Waals surface area contributed by atoms with Gasteiger partial charge in [0.1, 0.15) is 5.82 Å². The molecule has 1 saturated heterocycles. The second kappa shape index (κ2) is 7.38. The molecule has 0 aliphatic carbocycles. The third kappa shape index (κ3) is 3.60. The number of hydrogen-bond acceptors (Lipinski definition) is 4. The Balaban J connectivity index is 1.60. The zero-order valence-corrected chi connectivity index (χ0v) is 16.5. The summed E-state index contributed by atoms with van der Waals surface area (Å²) < 4.78 is 1.76. The highest BCUT2D eigenvalue weighted by Gasteiger charge is 2.30. The minimum atomic E-state index is -0.572. The molecular formula is C20H24N4O2S. The van der Waals surface area contributed by atoms with Crippen LogP contribution >= 0.6 is 11.8 Å². The number of nitrogens with zero attached hydrogens (tertiary/aromatic N) is 3. The van der Waals surface area contributed by atoms with E-state index in [9.17, 15) is 9.59 Å². The van der Waals surface area contributed by atoms with Gasteiger partial charge in [0.2, 0.25) is 0 Å². The highest BCUT2D eigenvalue weighted by Crippen LogP contribution is 2.36. The van der Waals surface area contributed by atoms with E-state index >= 15 is 0 Å². The molecule has 27 heavy (non-hydrogen) atoms. The van der Waals surface area contributed by atoms with Crippen LogP contribution < -0.4 is 5.32 Å². The summed E-state index contributed by atoms with van der Waals surface area (Å²) in [6, 6.07) is 7.99. The van der Waals surface area contributed by atoms with Crippen LogP contribution in [0.5, 0.6) is 0 Å². The number of thioether (sulfide) groups is 1. The standard InChI is InChI=1S/C20H24N4O2S/c1-13-5-7-15(8-6-13)24-18(16-11-27-12-17(16)22-24)21-19(25)20(26)23-9-3-4-14(2)10-23/h5-8,14H,3-4,9-12H2,1-2H3,(H,21,25)/t14-/m1/s1. The monoisotopic (exact) mass is 384 g/mol. The second-order valence-electron chi connectivity index (χ2n) is 7.47. The molecule has 0 bridgehead atoms. The molecule has 1 aromatic heterocycles. The molecule has 7 heteroatoms. The predicted octanol–water partition coefficient (Wildman–Crippen LogP) is 3.12. The zero-order chi connectivity index (χ0) is 19.0. The van der Waals surface area contributed by atoms with Gasteiger partial charge in [0.15, 0.2) is 0 Å². The van der Waals surface area contributed by atoms with Crippen LogP contribution in [0.2, 0.25) is 0 Å². The van der Waals surface area contributed by atoms with Gasteiger partial charge in [0.25, 0.3) is 0 Å². The summed E-state index contributed by atoms with van der Waals surface area (Å²) in [4.78, 5) is 27.0. The third-order valence-corrected chi connectivity index (χ3v) is 6.17. The molecule has 1 fully saturated rings. The Morgan fingerprint density at radius 1 is 1.22 bits per heavy atom. The highest BCUT2D eigenvalue weighted by atomic mass is 32.2. The molecule has 3 heterocycles. The topological polar surface area (TPSA) is 67.2 Å². The molecule has 142 valence electrons. The molecule has 1 aromatic carbocycles. The number of likely N-dealkylation sites (tertiary alicyclic amines) is 1. The summed E-state index contributed by atoms with van der Waals surface area (Å²) in [5, 5.41) is 7.56. The van der Waals surface area contributed by atoms with Crippen LogP contribution in [0.3, 0.4) is 0 Å². The van der Waals surface area contributed by atoms with Crippen LogP contribution in [-0.2, 0) is 21.1 Å². The first-order valence-electron chi connectivity index (χ1n) is 9.38. The Labute approximate surface area is 163 Å². The summed E-state index contributed by atoms with van der Waals surface area (Å²) in [7, 11) is 0. The van der Waals surface area contributed by atoms with E-state index in [4.69, 9.17) is 0 Å². The summed E-state index contributed by atoms with van der Waals surface area (Å²) >= 11 is 1.77.